The molecule has 10 heteroatoms. The van der Waals surface area contributed by atoms with Crippen LogP contribution in [-0.4, -0.2) is 69.4 Å². The number of phosphoric acid groups is 1. The van der Waals surface area contributed by atoms with Gasteiger partial charge in [0.15, 0.2) is 0 Å². The lowest BCUT2D eigenvalue weighted by Gasteiger charge is -2.30. The number of rotatable bonds is 65. The van der Waals surface area contributed by atoms with Crippen LogP contribution in [0.25, 0.3) is 0 Å². The standard InChI is InChI=1S/C71H137N2O7P/c1-7-10-13-16-19-22-25-27-29-31-33-34-35-36-37-38-40-41-43-45-48-51-54-57-60-63-70(74)72-68(67-79-81(76,77)78-66-65-73(4,5)6)69(62-59-56-53-50-47-24-21-18-15-12-9-3)80-71(75)64-61-58-55-52-49-46-44-42-39-32-30-28-26-23-20-17-14-11-8-2/h20,23,28,30,59,62,68-69H,7-19,21-22,24-27,29,31-58,60-61,63-67H2,1-6H3,(H-,72,74,76,77)/b23-20-,30-28-,62-59+. The van der Waals surface area contributed by atoms with Crippen LogP contribution in [0.3, 0.4) is 0 Å². The van der Waals surface area contributed by atoms with Crippen molar-refractivity contribution in [1.29, 1.82) is 0 Å². The minimum Gasteiger partial charge on any atom is -0.756 e. The number of ether oxygens (including phenoxy) is 1. The summed E-state index contributed by atoms with van der Waals surface area (Å²) in [5.74, 6) is -0.528. The van der Waals surface area contributed by atoms with Crippen LogP contribution in [0.15, 0.2) is 36.5 Å². The highest BCUT2D eigenvalue weighted by Crippen LogP contribution is 2.38. The Balaban J connectivity index is 4.99. The molecule has 0 aromatic carbocycles. The highest BCUT2D eigenvalue weighted by molar-refractivity contribution is 7.45. The number of quaternary nitrogens is 1. The van der Waals surface area contributed by atoms with Gasteiger partial charge in [-0.2, -0.15) is 0 Å². The van der Waals surface area contributed by atoms with Gasteiger partial charge in [-0.15, -0.1) is 0 Å². The number of carbonyl (C=O) groups excluding carboxylic acids is 2. The van der Waals surface area contributed by atoms with E-state index in [1.54, 1.807) is 0 Å². The van der Waals surface area contributed by atoms with Gasteiger partial charge in [0.1, 0.15) is 19.3 Å². The van der Waals surface area contributed by atoms with Crippen molar-refractivity contribution in [3.8, 4) is 0 Å². The first kappa shape index (κ1) is 79.2. The average Bonchev–Trinajstić information content (AvgIpc) is 3.44. The predicted molar refractivity (Wildman–Crippen MR) is 349 cm³/mol. The number of nitrogens with zero attached hydrogens (tertiary/aromatic N) is 1. The average molecular weight is 1160 g/mol. The molecule has 0 heterocycles. The third-order valence-corrected chi connectivity index (χ3v) is 17.0. The Bertz CT molecular complexity index is 1480. The van der Waals surface area contributed by atoms with E-state index >= 15 is 0 Å². The van der Waals surface area contributed by atoms with E-state index in [4.69, 9.17) is 13.8 Å². The van der Waals surface area contributed by atoms with E-state index in [0.29, 0.717) is 17.4 Å². The Morgan fingerprint density at radius 1 is 0.432 bits per heavy atom. The Labute approximate surface area is 504 Å². The first-order chi connectivity index (χ1) is 39.4. The molecule has 1 amide bonds. The van der Waals surface area contributed by atoms with E-state index in [9.17, 15) is 19.0 Å². The van der Waals surface area contributed by atoms with E-state index in [0.717, 1.165) is 64.2 Å². The number of carbonyl (C=O) groups is 2. The minimum absolute atomic E-state index is 0.0203. The predicted octanol–water partition coefficient (Wildman–Crippen LogP) is 21.6. The Morgan fingerprint density at radius 3 is 1.14 bits per heavy atom. The Morgan fingerprint density at radius 2 is 0.753 bits per heavy atom. The maximum Gasteiger partial charge on any atom is 0.306 e. The van der Waals surface area contributed by atoms with Gasteiger partial charge in [0.05, 0.1) is 33.8 Å². The van der Waals surface area contributed by atoms with Crippen molar-refractivity contribution in [3.63, 3.8) is 0 Å². The van der Waals surface area contributed by atoms with Crippen molar-refractivity contribution in [2.75, 3.05) is 40.9 Å². The third-order valence-electron chi connectivity index (χ3n) is 16.1. The lowest BCUT2D eigenvalue weighted by Crippen LogP contribution is -2.47. The SMILES string of the molecule is CCCCC/C=C\C/C=C\CCCCCCCCCCCC(=O)OC(/C=C/CCCCCCCCCCC)C(COP(=O)([O-])OCC[N+](C)(C)C)NC(=O)CCCCCCCCCCCCCCCCCCCCCCCCCCC. The van der Waals surface area contributed by atoms with Gasteiger partial charge in [0.25, 0.3) is 7.82 Å². The fourth-order valence-corrected chi connectivity index (χ4v) is 11.3. The van der Waals surface area contributed by atoms with Crippen LogP contribution in [0.5, 0.6) is 0 Å². The molecule has 0 rings (SSSR count). The van der Waals surface area contributed by atoms with Crippen molar-refractivity contribution in [3.05, 3.63) is 36.5 Å². The molecule has 0 aromatic rings. The van der Waals surface area contributed by atoms with E-state index in [1.165, 1.54) is 257 Å². The second-order valence-electron chi connectivity index (χ2n) is 25.4. The van der Waals surface area contributed by atoms with Gasteiger partial charge in [-0.3, -0.25) is 14.2 Å². The number of esters is 1. The molecule has 0 fully saturated rings. The summed E-state index contributed by atoms with van der Waals surface area (Å²) in [4.78, 5) is 40.1. The maximum absolute atomic E-state index is 13.6. The van der Waals surface area contributed by atoms with E-state index < -0.39 is 20.0 Å². The molecule has 0 saturated heterocycles. The first-order valence-corrected chi connectivity index (χ1v) is 36.8. The van der Waals surface area contributed by atoms with Crippen molar-refractivity contribution in [2.24, 2.45) is 0 Å². The van der Waals surface area contributed by atoms with E-state index in [2.05, 4.69) is 50.4 Å². The molecule has 0 radical (unpaired) electrons. The van der Waals surface area contributed by atoms with Crippen LogP contribution in [0, 0.1) is 0 Å². The quantitative estimate of drug-likeness (QED) is 0.0212. The highest BCUT2D eigenvalue weighted by atomic mass is 31.2. The largest absolute Gasteiger partial charge is 0.756 e. The monoisotopic (exact) mass is 1160 g/mol. The minimum atomic E-state index is -4.70. The molecule has 3 unspecified atom stereocenters. The third kappa shape index (κ3) is 62.6. The molecule has 3 atom stereocenters. The number of hydrogen-bond acceptors (Lipinski definition) is 7. The fraction of sp³-hybridized carbons (Fsp3) is 0.887. The van der Waals surface area contributed by atoms with Gasteiger partial charge in [0, 0.05) is 12.8 Å². The normalized spacial score (nSPS) is 13.7. The van der Waals surface area contributed by atoms with Crippen LogP contribution in [0.4, 0.5) is 0 Å². The number of hydrogen-bond donors (Lipinski definition) is 1. The molecule has 81 heavy (non-hydrogen) atoms. The zero-order chi connectivity index (χ0) is 59.3. The fourth-order valence-electron chi connectivity index (χ4n) is 10.6. The maximum atomic E-state index is 13.6. The number of allylic oxidation sites excluding steroid dienone is 5. The summed E-state index contributed by atoms with van der Waals surface area (Å²) in [5.41, 5.74) is 0. The van der Waals surface area contributed by atoms with Crippen molar-refractivity contribution >= 4 is 19.7 Å². The van der Waals surface area contributed by atoms with Gasteiger partial charge in [-0.05, 0) is 63.9 Å². The number of nitrogens with one attached hydrogen (secondary N) is 1. The van der Waals surface area contributed by atoms with Crippen LogP contribution >= 0.6 is 7.82 Å². The molecule has 0 aliphatic rings. The molecule has 0 spiro atoms. The highest BCUT2D eigenvalue weighted by Gasteiger charge is 2.27. The van der Waals surface area contributed by atoms with E-state index in [-0.39, 0.29) is 31.5 Å². The molecule has 0 aliphatic heterocycles. The zero-order valence-electron chi connectivity index (χ0n) is 54.8. The summed E-state index contributed by atoms with van der Waals surface area (Å²) < 4.78 is 30.4. The van der Waals surface area contributed by atoms with Crippen molar-refractivity contribution < 1.29 is 37.3 Å². The summed E-state index contributed by atoms with van der Waals surface area (Å²) >= 11 is 0. The molecule has 0 bridgehead atoms. The molecule has 0 saturated carbocycles. The van der Waals surface area contributed by atoms with Gasteiger partial charge < -0.3 is 28.5 Å². The van der Waals surface area contributed by atoms with Gasteiger partial charge in [0.2, 0.25) is 5.91 Å². The Hall–Kier alpha value is -1.77. The number of likely N-dealkylation sites (N-methyl/N-ethyl adjacent to an activating group) is 1. The summed E-state index contributed by atoms with van der Waals surface area (Å²) in [5, 5.41) is 3.05. The zero-order valence-corrected chi connectivity index (χ0v) is 55.7. The summed E-state index contributed by atoms with van der Waals surface area (Å²) in [6.45, 7) is 6.87. The van der Waals surface area contributed by atoms with Crippen molar-refractivity contribution in [2.45, 2.75) is 367 Å². The van der Waals surface area contributed by atoms with Gasteiger partial charge in [-0.1, -0.05) is 314 Å². The lowest BCUT2D eigenvalue weighted by molar-refractivity contribution is -0.870. The molecule has 0 aromatic heterocycles. The molecular formula is C71H137N2O7P. The number of amides is 1. The van der Waals surface area contributed by atoms with Crippen molar-refractivity contribution in [1.82, 2.24) is 5.32 Å². The van der Waals surface area contributed by atoms with Gasteiger partial charge in [-0.25, -0.2) is 0 Å². The molecule has 478 valence electrons. The number of unbranched alkanes of at least 4 members (excludes halogenated alkanes) is 45. The topological polar surface area (TPSA) is 114 Å². The first-order valence-electron chi connectivity index (χ1n) is 35.3. The summed E-state index contributed by atoms with van der Waals surface area (Å²) in [7, 11) is 1.20. The number of phosphoric ester groups is 1. The Kier molecular flexibility index (Phi) is 60.0. The van der Waals surface area contributed by atoms with Crippen LogP contribution in [0.2, 0.25) is 0 Å². The molecule has 1 N–H and O–H groups in total. The van der Waals surface area contributed by atoms with Crippen LogP contribution < -0.4 is 10.2 Å². The molecule has 9 nitrogen and oxygen atoms in total. The second-order valence-corrected chi connectivity index (χ2v) is 26.8. The smallest absolute Gasteiger partial charge is 0.306 e. The molecule has 0 aliphatic carbocycles. The summed E-state index contributed by atoms with van der Waals surface area (Å²) in [6, 6.07) is -0.886. The summed E-state index contributed by atoms with van der Waals surface area (Å²) in [6.07, 6.45) is 75.6. The van der Waals surface area contributed by atoms with Gasteiger partial charge >= 0.3 is 5.97 Å². The lowest BCUT2D eigenvalue weighted by atomic mass is 10.0. The molecular weight excluding hydrogens is 1020 g/mol. The van der Waals surface area contributed by atoms with Crippen LogP contribution in [-0.2, 0) is 27.9 Å². The second kappa shape index (κ2) is 61.3. The van der Waals surface area contributed by atoms with Crippen LogP contribution in [0.1, 0.15) is 355 Å². The van der Waals surface area contributed by atoms with E-state index in [1.807, 2.05) is 33.3 Å².